The molecule has 0 saturated heterocycles. The SMILES string of the molecule is CCCCC(O)CC12CC3CC(C)(CC(C)(C3)C1)C2. The molecular formula is C18H32O. The molecule has 0 aromatic carbocycles. The molecule has 0 aliphatic heterocycles. The summed E-state index contributed by atoms with van der Waals surface area (Å²) < 4.78 is 0. The number of aliphatic hydroxyl groups excluding tert-OH is 1. The van der Waals surface area contributed by atoms with Crippen LogP contribution in [0.1, 0.15) is 85.0 Å². The number of hydrogen-bond donors (Lipinski definition) is 1. The fourth-order valence-corrected chi connectivity index (χ4v) is 6.95. The summed E-state index contributed by atoms with van der Waals surface area (Å²) in [5, 5.41) is 10.4. The Bertz CT molecular complexity index is 330. The van der Waals surface area contributed by atoms with Crippen molar-refractivity contribution < 1.29 is 5.11 Å². The summed E-state index contributed by atoms with van der Waals surface area (Å²) in [5.74, 6) is 0.963. The van der Waals surface area contributed by atoms with Crippen molar-refractivity contribution in [3.8, 4) is 0 Å². The molecular weight excluding hydrogens is 232 g/mol. The maximum atomic E-state index is 10.4. The van der Waals surface area contributed by atoms with Gasteiger partial charge in [0.1, 0.15) is 0 Å². The van der Waals surface area contributed by atoms with Crippen LogP contribution in [0.25, 0.3) is 0 Å². The Hall–Kier alpha value is -0.0400. The minimum Gasteiger partial charge on any atom is -0.393 e. The lowest BCUT2D eigenvalue weighted by Gasteiger charge is -2.66. The highest BCUT2D eigenvalue weighted by Crippen LogP contribution is 2.70. The van der Waals surface area contributed by atoms with Crippen LogP contribution in [0.4, 0.5) is 0 Å². The van der Waals surface area contributed by atoms with E-state index in [2.05, 4.69) is 20.8 Å². The van der Waals surface area contributed by atoms with E-state index in [1.807, 2.05) is 0 Å². The van der Waals surface area contributed by atoms with Crippen molar-refractivity contribution in [2.45, 2.75) is 91.1 Å². The lowest BCUT2D eigenvalue weighted by Crippen LogP contribution is -2.55. The van der Waals surface area contributed by atoms with Gasteiger partial charge in [-0.05, 0) is 73.5 Å². The van der Waals surface area contributed by atoms with Gasteiger partial charge in [0.2, 0.25) is 0 Å². The second-order valence-corrected chi connectivity index (χ2v) is 9.13. The zero-order chi connectivity index (χ0) is 13.7. The van der Waals surface area contributed by atoms with E-state index in [1.54, 1.807) is 0 Å². The average Bonchev–Trinajstić information content (AvgIpc) is 2.20. The van der Waals surface area contributed by atoms with Crippen molar-refractivity contribution in [3.05, 3.63) is 0 Å². The number of rotatable bonds is 5. The number of unbranched alkanes of at least 4 members (excludes halogenated alkanes) is 1. The highest BCUT2D eigenvalue weighted by atomic mass is 16.3. The van der Waals surface area contributed by atoms with Gasteiger partial charge in [-0.25, -0.2) is 0 Å². The lowest BCUT2D eigenvalue weighted by molar-refractivity contribution is -0.156. The van der Waals surface area contributed by atoms with E-state index in [-0.39, 0.29) is 6.10 Å². The zero-order valence-corrected chi connectivity index (χ0v) is 13.2. The highest BCUT2D eigenvalue weighted by Gasteiger charge is 2.59. The van der Waals surface area contributed by atoms with Crippen LogP contribution < -0.4 is 0 Å². The van der Waals surface area contributed by atoms with Gasteiger partial charge in [0.05, 0.1) is 6.10 Å². The topological polar surface area (TPSA) is 20.2 Å². The molecule has 19 heavy (non-hydrogen) atoms. The Balaban J connectivity index is 1.73. The van der Waals surface area contributed by atoms with Crippen LogP contribution >= 0.6 is 0 Å². The van der Waals surface area contributed by atoms with E-state index < -0.39 is 0 Å². The summed E-state index contributed by atoms with van der Waals surface area (Å²) in [6.45, 7) is 7.28. The second-order valence-electron chi connectivity index (χ2n) is 9.13. The Kier molecular flexibility index (Phi) is 3.28. The maximum Gasteiger partial charge on any atom is 0.0545 e. The van der Waals surface area contributed by atoms with Gasteiger partial charge in [-0.15, -0.1) is 0 Å². The van der Waals surface area contributed by atoms with Crippen LogP contribution in [-0.2, 0) is 0 Å². The molecule has 0 aromatic rings. The minimum atomic E-state index is -0.0385. The third kappa shape index (κ3) is 2.60. The molecule has 0 aromatic heterocycles. The molecule has 4 fully saturated rings. The summed E-state index contributed by atoms with van der Waals surface area (Å²) in [5.41, 5.74) is 1.69. The summed E-state index contributed by atoms with van der Waals surface area (Å²) in [7, 11) is 0. The molecule has 4 aliphatic carbocycles. The van der Waals surface area contributed by atoms with Gasteiger partial charge >= 0.3 is 0 Å². The molecule has 110 valence electrons. The third-order valence-corrected chi connectivity index (χ3v) is 6.30. The van der Waals surface area contributed by atoms with E-state index in [0.29, 0.717) is 16.2 Å². The molecule has 0 heterocycles. The van der Waals surface area contributed by atoms with Crippen LogP contribution in [0.3, 0.4) is 0 Å². The average molecular weight is 264 g/mol. The van der Waals surface area contributed by atoms with Crippen LogP contribution in [0.2, 0.25) is 0 Å². The van der Waals surface area contributed by atoms with Crippen LogP contribution in [0.5, 0.6) is 0 Å². The Labute approximate surface area is 119 Å². The Morgan fingerprint density at radius 1 is 1.05 bits per heavy atom. The number of aliphatic hydroxyl groups is 1. The van der Waals surface area contributed by atoms with E-state index in [4.69, 9.17) is 0 Å². The molecule has 0 radical (unpaired) electrons. The Morgan fingerprint density at radius 2 is 1.68 bits per heavy atom. The van der Waals surface area contributed by atoms with E-state index in [0.717, 1.165) is 18.8 Å². The second kappa shape index (κ2) is 4.48. The van der Waals surface area contributed by atoms with Crippen molar-refractivity contribution in [1.29, 1.82) is 0 Å². The molecule has 1 N–H and O–H groups in total. The van der Waals surface area contributed by atoms with Crippen LogP contribution in [-0.4, -0.2) is 11.2 Å². The van der Waals surface area contributed by atoms with Crippen LogP contribution in [0, 0.1) is 22.2 Å². The zero-order valence-electron chi connectivity index (χ0n) is 13.2. The first kappa shape index (κ1) is 13.9. The Morgan fingerprint density at radius 3 is 2.21 bits per heavy atom. The molecule has 1 heteroatoms. The smallest absolute Gasteiger partial charge is 0.0545 e. The molecule has 0 amide bonds. The fraction of sp³-hybridized carbons (Fsp3) is 1.00. The standard InChI is InChI=1S/C18H32O/c1-4-5-6-15(19)10-18-9-14-7-16(2,12-18)11-17(3,8-14)13-18/h14-15,19H,4-13H2,1-3H3. The lowest BCUT2D eigenvalue weighted by atomic mass is 9.39. The first-order chi connectivity index (χ1) is 8.86. The quantitative estimate of drug-likeness (QED) is 0.747. The molecule has 4 aliphatic rings. The summed E-state index contributed by atoms with van der Waals surface area (Å²) in [6.07, 6.45) is 13.1. The summed E-state index contributed by atoms with van der Waals surface area (Å²) in [6, 6.07) is 0. The summed E-state index contributed by atoms with van der Waals surface area (Å²) >= 11 is 0. The van der Waals surface area contributed by atoms with Gasteiger partial charge in [-0.3, -0.25) is 0 Å². The maximum absolute atomic E-state index is 10.4. The molecule has 4 bridgehead atoms. The van der Waals surface area contributed by atoms with Crippen molar-refractivity contribution in [2.75, 3.05) is 0 Å². The van der Waals surface area contributed by atoms with Crippen molar-refractivity contribution in [2.24, 2.45) is 22.2 Å². The van der Waals surface area contributed by atoms with E-state index in [1.165, 1.54) is 51.4 Å². The fourth-order valence-electron chi connectivity index (χ4n) is 6.95. The minimum absolute atomic E-state index is 0.0385. The van der Waals surface area contributed by atoms with Gasteiger partial charge in [-0.2, -0.15) is 0 Å². The molecule has 4 rings (SSSR count). The third-order valence-electron chi connectivity index (χ3n) is 6.30. The molecule has 4 saturated carbocycles. The van der Waals surface area contributed by atoms with Gasteiger partial charge in [-0.1, -0.05) is 33.6 Å². The first-order valence-electron chi connectivity index (χ1n) is 8.54. The van der Waals surface area contributed by atoms with Crippen LogP contribution in [0.15, 0.2) is 0 Å². The monoisotopic (exact) mass is 264 g/mol. The molecule has 1 nitrogen and oxygen atoms in total. The van der Waals surface area contributed by atoms with Crippen molar-refractivity contribution >= 4 is 0 Å². The largest absolute Gasteiger partial charge is 0.393 e. The predicted octanol–water partition coefficient (Wildman–Crippen LogP) is 4.92. The van der Waals surface area contributed by atoms with Gasteiger partial charge in [0, 0.05) is 0 Å². The van der Waals surface area contributed by atoms with E-state index >= 15 is 0 Å². The molecule has 0 spiro atoms. The van der Waals surface area contributed by atoms with Gasteiger partial charge < -0.3 is 5.11 Å². The van der Waals surface area contributed by atoms with Gasteiger partial charge in [0.15, 0.2) is 0 Å². The van der Waals surface area contributed by atoms with E-state index in [9.17, 15) is 5.11 Å². The highest BCUT2D eigenvalue weighted by molar-refractivity contribution is 5.10. The molecule has 3 atom stereocenters. The first-order valence-corrected chi connectivity index (χ1v) is 8.54. The van der Waals surface area contributed by atoms with Gasteiger partial charge in [0.25, 0.3) is 0 Å². The van der Waals surface area contributed by atoms with Crippen molar-refractivity contribution in [3.63, 3.8) is 0 Å². The summed E-state index contributed by atoms with van der Waals surface area (Å²) in [4.78, 5) is 0. The predicted molar refractivity (Wildman–Crippen MR) is 80.0 cm³/mol. The van der Waals surface area contributed by atoms with Crippen molar-refractivity contribution in [1.82, 2.24) is 0 Å². The molecule has 3 unspecified atom stereocenters. The number of hydrogen-bond acceptors (Lipinski definition) is 1. The normalized spacial score (nSPS) is 49.6.